The van der Waals surface area contributed by atoms with E-state index in [2.05, 4.69) is 45.1 Å². The minimum atomic E-state index is -0.763. The van der Waals surface area contributed by atoms with Gasteiger partial charge in [-0.15, -0.1) is 0 Å². The van der Waals surface area contributed by atoms with E-state index in [0.717, 1.165) is 64.2 Å². The number of unbranched alkanes of at least 4 members (excludes halogenated alkanes) is 54. The summed E-state index contributed by atoms with van der Waals surface area (Å²) in [6.45, 7) is 6.65. The van der Waals surface area contributed by atoms with Crippen LogP contribution in [-0.2, 0) is 28.6 Å². The Kier molecular flexibility index (Phi) is 68.5. The van der Waals surface area contributed by atoms with E-state index in [1.807, 2.05) is 0 Å². The van der Waals surface area contributed by atoms with Crippen molar-refractivity contribution in [2.45, 2.75) is 425 Å². The maximum absolute atomic E-state index is 12.9. The maximum atomic E-state index is 12.9. The molecule has 0 saturated heterocycles. The van der Waals surface area contributed by atoms with Gasteiger partial charge >= 0.3 is 17.9 Å². The Bertz CT molecular complexity index is 1310. The van der Waals surface area contributed by atoms with E-state index in [-0.39, 0.29) is 31.1 Å². The summed E-state index contributed by atoms with van der Waals surface area (Å²) < 4.78 is 16.9. The first-order valence-corrected chi connectivity index (χ1v) is 36.8. The molecule has 0 rings (SSSR count). The average molecular weight is 1140 g/mol. The lowest BCUT2D eigenvalue weighted by Gasteiger charge is -2.18. The van der Waals surface area contributed by atoms with Crippen LogP contribution in [0.25, 0.3) is 0 Å². The molecule has 0 amide bonds. The minimum absolute atomic E-state index is 0.0637. The highest BCUT2D eigenvalue weighted by Crippen LogP contribution is 2.19. The molecule has 0 aromatic carbocycles. The van der Waals surface area contributed by atoms with Crippen LogP contribution < -0.4 is 0 Å². The molecule has 0 heterocycles. The highest BCUT2D eigenvalue weighted by molar-refractivity contribution is 5.71. The van der Waals surface area contributed by atoms with E-state index in [9.17, 15) is 14.4 Å². The van der Waals surface area contributed by atoms with E-state index in [1.165, 1.54) is 315 Å². The molecule has 0 aromatic heterocycles. The lowest BCUT2D eigenvalue weighted by molar-refractivity contribution is -0.167. The van der Waals surface area contributed by atoms with Gasteiger partial charge in [0.25, 0.3) is 0 Å². The Hall–Kier alpha value is -2.11. The van der Waals surface area contributed by atoms with Crippen LogP contribution in [0.15, 0.2) is 24.3 Å². The van der Waals surface area contributed by atoms with Gasteiger partial charge in [0.05, 0.1) is 0 Å². The van der Waals surface area contributed by atoms with E-state index in [0.29, 0.717) is 19.3 Å². The molecule has 0 fully saturated rings. The van der Waals surface area contributed by atoms with Gasteiger partial charge in [0.15, 0.2) is 6.10 Å². The van der Waals surface area contributed by atoms with Crippen molar-refractivity contribution >= 4 is 17.9 Å². The molecule has 0 aromatic rings. The zero-order valence-corrected chi connectivity index (χ0v) is 55.1. The highest BCUT2D eigenvalue weighted by Gasteiger charge is 2.19. The van der Waals surface area contributed by atoms with Crippen LogP contribution in [0, 0.1) is 0 Å². The topological polar surface area (TPSA) is 78.9 Å². The molecule has 1 unspecified atom stereocenters. The molecule has 0 spiro atoms. The lowest BCUT2D eigenvalue weighted by atomic mass is 10.0. The van der Waals surface area contributed by atoms with Crippen LogP contribution >= 0.6 is 0 Å². The molecule has 6 heteroatoms. The predicted octanol–water partition coefficient (Wildman–Crippen LogP) is 25.3. The Morgan fingerprint density at radius 2 is 0.444 bits per heavy atom. The SMILES string of the molecule is CCCCCCC/C=C\C/C=C\CCCCCCCCCCCCCCCCCCCCCCCCCC(=O)OCC(COC(=O)CCCCCCCC)OC(=O)CCCCCCCCCCCCCCCCCCCCCCCC. The van der Waals surface area contributed by atoms with Crippen LogP contribution in [0.2, 0.25) is 0 Å². The summed E-state index contributed by atoms with van der Waals surface area (Å²) in [6.07, 6.45) is 87.0. The molecule has 0 radical (unpaired) electrons. The Balaban J connectivity index is 3.89. The zero-order chi connectivity index (χ0) is 58.5. The fraction of sp³-hybridized carbons (Fsp3) is 0.907. The third kappa shape index (κ3) is 68.6. The second-order valence-corrected chi connectivity index (χ2v) is 25.2. The number of allylic oxidation sites excluding steroid dienone is 4. The normalized spacial score (nSPS) is 12.1. The third-order valence-electron chi connectivity index (χ3n) is 17.0. The summed E-state index contributed by atoms with van der Waals surface area (Å²) in [5, 5.41) is 0. The van der Waals surface area contributed by atoms with E-state index in [1.54, 1.807) is 0 Å². The van der Waals surface area contributed by atoms with Crippen molar-refractivity contribution in [1.29, 1.82) is 0 Å². The second kappa shape index (κ2) is 70.4. The first kappa shape index (κ1) is 78.9. The standard InChI is InChI=1S/C75H142O6/c1-4-7-10-13-16-18-20-22-24-26-28-30-32-33-34-35-36-37-38-39-40-41-42-43-44-46-47-49-51-53-55-57-59-62-65-68-74(77)80-71-72(70-79-73(76)67-64-61-15-12-9-6-3)81-75(78)69-66-63-60-58-56-54-52-50-48-45-31-29-27-25-23-21-19-17-14-11-8-5-2/h20,22,26,28,72H,4-19,21,23-25,27,29-71H2,1-3H3/b22-20-,28-26-. The summed E-state index contributed by atoms with van der Waals surface area (Å²) in [4.78, 5) is 38.1. The Morgan fingerprint density at radius 3 is 0.679 bits per heavy atom. The first-order valence-electron chi connectivity index (χ1n) is 36.8. The number of carbonyl (C=O) groups is 3. The van der Waals surface area contributed by atoms with Gasteiger partial charge in [-0.25, -0.2) is 0 Å². The Labute approximate surface area is 506 Å². The zero-order valence-electron chi connectivity index (χ0n) is 55.1. The smallest absolute Gasteiger partial charge is 0.306 e. The largest absolute Gasteiger partial charge is 0.462 e. The average Bonchev–Trinajstić information content (AvgIpc) is 3.47. The molecule has 0 N–H and O–H groups in total. The number of hydrogen-bond acceptors (Lipinski definition) is 6. The fourth-order valence-electron chi connectivity index (χ4n) is 11.4. The van der Waals surface area contributed by atoms with Crippen LogP contribution in [0.3, 0.4) is 0 Å². The van der Waals surface area contributed by atoms with E-state index >= 15 is 0 Å². The molecule has 0 aliphatic rings. The summed E-state index contributed by atoms with van der Waals surface area (Å²) in [7, 11) is 0. The highest BCUT2D eigenvalue weighted by atomic mass is 16.6. The van der Waals surface area contributed by atoms with Crippen molar-refractivity contribution in [3.05, 3.63) is 24.3 Å². The van der Waals surface area contributed by atoms with Gasteiger partial charge in [0.1, 0.15) is 13.2 Å². The molecule has 0 aliphatic carbocycles. The maximum Gasteiger partial charge on any atom is 0.306 e. The molecule has 1 atom stereocenters. The molecular weight excluding hydrogens is 997 g/mol. The number of hydrogen-bond donors (Lipinski definition) is 0. The van der Waals surface area contributed by atoms with Gasteiger partial charge in [-0.2, -0.15) is 0 Å². The molecule has 0 aliphatic heterocycles. The van der Waals surface area contributed by atoms with Gasteiger partial charge in [-0.3, -0.25) is 14.4 Å². The van der Waals surface area contributed by atoms with Crippen molar-refractivity contribution in [2.75, 3.05) is 13.2 Å². The Morgan fingerprint density at radius 1 is 0.247 bits per heavy atom. The van der Waals surface area contributed by atoms with Gasteiger partial charge in [0, 0.05) is 19.3 Å². The van der Waals surface area contributed by atoms with Crippen LogP contribution in [-0.4, -0.2) is 37.2 Å². The van der Waals surface area contributed by atoms with Crippen LogP contribution in [0.1, 0.15) is 419 Å². The van der Waals surface area contributed by atoms with E-state index < -0.39 is 6.10 Å². The van der Waals surface area contributed by atoms with Crippen molar-refractivity contribution in [2.24, 2.45) is 0 Å². The summed E-state index contributed by atoms with van der Waals surface area (Å²) in [6, 6.07) is 0. The van der Waals surface area contributed by atoms with Gasteiger partial charge in [0.2, 0.25) is 0 Å². The number of ether oxygens (including phenoxy) is 3. The van der Waals surface area contributed by atoms with Crippen LogP contribution in [0.5, 0.6) is 0 Å². The second-order valence-electron chi connectivity index (χ2n) is 25.2. The van der Waals surface area contributed by atoms with Crippen molar-refractivity contribution in [3.63, 3.8) is 0 Å². The van der Waals surface area contributed by atoms with Crippen molar-refractivity contribution in [1.82, 2.24) is 0 Å². The molecule has 6 nitrogen and oxygen atoms in total. The van der Waals surface area contributed by atoms with Gasteiger partial charge < -0.3 is 14.2 Å². The monoisotopic (exact) mass is 1140 g/mol. The fourth-order valence-corrected chi connectivity index (χ4v) is 11.4. The number of rotatable bonds is 69. The van der Waals surface area contributed by atoms with Gasteiger partial charge in [-0.1, -0.05) is 373 Å². The third-order valence-corrected chi connectivity index (χ3v) is 17.0. The van der Waals surface area contributed by atoms with Gasteiger partial charge in [-0.05, 0) is 51.4 Å². The van der Waals surface area contributed by atoms with Crippen molar-refractivity contribution < 1.29 is 28.6 Å². The van der Waals surface area contributed by atoms with Crippen LogP contribution in [0.4, 0.5) is 0 Å². The number of carbonyl (C=O) groups excluding carboxylic acids is 3. The summed E-state index contributed by atoms with van der Waals surface area (Å²) in [5.74, 6) is -0.842. The summed E-state index contributed by atoms with van der Waals surface area (Å²) in [5.41, 5.74) is 0. The first-order chi connectivity index (χ1) is 40.0. The lowest BCUT2D eigenvalue weighted by Crippen LogP contribution is -2.30. The molecule has 81 heavy (non-hydrogen) atoms. The quantitative estimate of drug-likeness (QED) is 0.0261. The minimum Gasteiger partial charge on any atom is -0.462 e. The van der Waals surface area contributed by atoms with Crippen molar-refractivity contribution in [3.8, 4) is 0 Å². The predicted molar refractivity (Wildman–Crippen MR) is 353 cm³/mol. The molecule has 0 bridgehead atoms. The molecular formula is C75H142O6. The van der Waals surface area contributed by atoms with E-state index in [4.69, 9.17) is 14.2 Å². The summed E-state index contributed by atoms with van der Waals surface area (Å²) >= 11 is 0. The molecule has 0 saturated carbocycles. The number of esters is 3. The molecule has 478 valence electrons.